The molecule has 5 heteroatoms. The Morgan fingerprint density at radius 2 is 1.88 bits per heavy atom. The van der Waals surface area contributed by atoms with Gasteiger partial charge in [0.25, 0.3) is 5.91 Å². The number of amides is 1. The van der Waals surface area contributed by atoms with E-state index in [1.807, 2.05) is 17.7 Å². The van der Waals surface area contributed by atoms with Gasteiger partial charge in [-0.1, -0.05) is 12.8 Å². The van der Waals surface area contributed by atoms with Crippen LogP contribution in [0.3, 0.4) is 0 Å². The number of aromatic nitrogens is 3. The lowest BCUT2D eigenvalue weighted by Gasteiger charge is -2.20. The number of carbonyl (C=O) groups is 1. The first kappa shape index (κ1) is 16.6. The summed E-state index contributed by atoms with van der Waals surface area (Å²) >= 11 is 0. The summed E-state index contributed by atoms with van der Waals surface area (Å²) in [6.45, 7) is 8.36. The lowest BCUT2D eigenvalue weighted by atomic mass is 10.1. The lowest BCUT2D eigenvalue weighted by molar-refractivity contribution is 0.0939. The quantitative estimate of drug-likeness (QED) is 0.917. The number of fused-ring (bicyclic) bond motifs is 1. The highest BCUT2D eigenvalue weighted by Gasteiger charge is 2.31. The number of nitrogens with one attached hydrogen (secondary N) is 1. The molecule has 2 aromatic rings. The van der Waals surface area contributed by atoms with Crippen LogP contribution in [0, 0.1) is 6.92 Å². The molecule has 0 saturated heterocycles. The molecule has 2 heterocycles. The molecule has 2 fully saturated rings. The third-order valence-electron chi connectivity index (χ3n) is 5.40. The van der Waals surface area contributed by atoms with E-state index in [4.69, 9.17) is 10.1 Å². The number of pyridine rings is 1. The van der Waals surface area contributed by atoms with Crippen LogP contribution in [0.15, 0.2) is 6.07 Å². The summed E-state index contributed by atoms with van der Waals surface area (Å²) in [7, 11) is 0. The van der Waals surface area contributed by atoms with Crippen LogP contribution in [0.5, 0.6) is 0 Å². The highest BCUT2D eigenvalue weighted by atomic mass is 16.1. The maximum Gasteiger partial charge on any atom is 0.252 e. The van der Waals surface area contributed by atoms with Crippen LogP contribution in [-0.2, 0) is 5.54 Å². The van der Waals surface area contributed by atoms with Gasteiger partial charge in [-0.15, -0.1) is 0 Å². The zero-order chi connectivity index (χ0) is 17.8. The Morgan fingerprint density at radius 1 is 1.20 bits per heavy atom. The topological polar surface area (TPSA) is 59.8 Å². The SMILES string of the molecule is Cc1nn(C(C)(C)C)c2nc(C3CC3)cc(C(=O)NC3CCCC3)c12. The van der Waals surface area contributed by atoms with Crippen molar-refractivity contribution in [1.29, 1.82) is 0 Å². The van der Waals surface area contributed by atoms with Crippen molar-refractivity contribution in [3.05, 3.63) is 23.0 Å². The van der Waals surface area contributed by atoms with Gasteiger partial charge in [0.2, 0.25) is 0 Å². The number of carbonyl (C=O) groups excluding carboxylic acids is 1. The fourth-order valence-electron chi connectivity index (χ4n) is 3.88. The highest BCUT2D eigenvalue weighted by molar-refractivity contribution is 6.06. The van der Waals surface area contributed by atoms with Crippen molar-refractivity contribution in [2.75, 3.05) is 0 Å². The number of nitrogens with zero attached hydrogens (tertiary/aromatic N) is 3. The second-order valence-corrected chi connectivity index (χ2v) is 8.69. The molecule has 0 aliphatic heterocycles. The zero-order valence-electron chi connectivity index (χ0n) is 15.7. The van der Waals surface area contributed by atoms with Crippen LogP contribution >= 0.6 is 0 Å². The highest BCUT2D eigenvalue weighted by Crippen LogP contribution is 2.41. The minimum Gasteiger partial charge on any atom is -0.349 e. The lowest BCUT2D eigenvalue weighted by Crippen LogP contribution is -2.33. The van der Waals surface area contributed by atoms with E-state index in [0.717, 1.165) is 40.8 Å². The molecular formula is C20H28N4O. The molecular weight excluding hydrogens is 312 g/mol. The zero-order valence-corrected chi connectivity index (χ0v) is 15.7. The van der Waals surface area contributed by atoms with Crippen LogP contribution in [0.25, 0.3) is 11.0 Å². The van der Waals surface area contributed by atoms with E-state index in [9.17, 15) is 4.79 Å². The van der Waals surface area contributed by atoms with Crippen molar-refractivity contribution in [3.8, 4) is 0 Å². The second kappa shape index (κ2) is 5.82. The Kier molecular flexibility index (Phi) is 3.85. The summed E-state index contributed by atoms with van der Waals surface area (Å²) in [5.41, 5.74) is 3.38. The summed E-state index contributed by atoms with van der Waals surface area (Å²) in [5.74, 6) is 0.545. The minimum atomic E-state index is -0.166. The maximum absolute atomic E-state index is 13.0. The molecule has 0 atom stereocenters. The summed E-state index contributed by atoms with van der Waals surface area (Å²) < 4.78 is 1.98. The molecule has 2 aromatic heterocycles. The van der Waals surface area contributed by atoms with Crippen LogP contribution in [-0.4, -0.2) is 26.7 Å². The molecule has 0 unspecified atom stereocenters. The van der Waals surface area contributed by atoms with Crippen LogP contribution < -0.4 is 5.32 Å². The Hall–Kier alpha value is -1.91. The monoisotopic (exact) mass is 340 g/mol. The van der Waals surface area contributed by atoms with Crippen molar-refractivity contribution in [2.45, 2.75) is 83.7 Å². The van der Waals surface area contributed by atoms with Gasteiger partial charge in [0.05, 0.1) is 22.2 Å². The largest absolute Gasteiger partial charge is 0.349 e. The standard InChI is InChI=1S/C20H28N4O/c1-12-17-15(19(25)21-14-7-5-6-8-14)11-16(13-9-10-13)22-18(17)24(23-12)20(2,3)4/h11,13-14H,5-10H2,1-4H3,(H,21,25). The Labute approximate surface area is 149 Å². The molecule has 1 N–H and O–H groups in total. The van der Waals surface area contributed by atoms with E-state index < -0.39 is 0 Å². The van der Waals surface area contributed by atoms with Crippen LogP contribution in [0.2, 0.25) is 0 Å². The summed E-state index contributed by atoms with van der Waals surface area (Å²) in [5, 5.41) is 8.89. The Bertz CT molecular complexity index is 820. The van der Waals surface area contributed by atoms with Crippen molar-refractivity contribution in [2.24, 2.45) is 0 Å². The van der Waals surface area contributed by atoms with Gasteiger partial charge >= 0.3 is 0 Å². The van der Waals surface area contributed by atoms with Crippen LogP contribution in [0.4, 0.5) is 0 Å². The Balaban J connectivity index is 1.84. The van der Waals surface area contributed by atoms with E-state index in [1.165, 1.54) is 25.7 Å². The normalized spacial score (nSPS) is 18.9. The van der Waals surface area contributed by atoms with Crippen molar-refractivity contribution in [1.82, 2.24) is 20.1 Å². The summed E-state index contributed by atoms with van der Waals surface area (Å²) in [6.07, 6.45) is 6.96. The van der Waals surface area contributed by atoms with Gasteiger partial charge in [-0.25, -0.2) is 9.67 Å². The summed E-state index contributed by atoms with van der Waals surface area (Å²) in [6, 6.07) is 2.34. The predicted octanol–water partition coefficient (Wildman–Crippen LogP) is 4.04. The van der Waals surface area contributed by atoms with E-state index in [2.05, 4.69) is 26.1 Å². The van der Waals surface area contributed by atoms with Gasteiger partial charge in [0, 0.05) is 17.7 Å². The molecule has 25 heavy (non-hydrogen) atoms. The number of hydrogen-bond acceptors (Lipinski definition) is 3. The predicted molar refractivity (Wildman–Crippen MR) is 99.0 cm³/mol. The van der Waals surface area contributed by atoms with E-state index in [0.29, 0.717) is 12.0 Å². The van der Waals surface area contributed by atoms with Gasteiger partial charge in [0.1, 0.15) is 0 Å². The van der Waals surface area contributed by atoms with Crippen LogP contribution in [0.1, 0.15) is 87.0 Å². The smallest absolute Gasteiger partial charge is 0.252 e. The Morgan fingerprint density at radius 3 is 2.48 bits per heavy atom. The molecule has 134 valence electrons. The molecule has 0 aromatic carbocycles. The van der Waals surface area contributed by atoms with Crippen molar-refractivity contribution in [3.63, 3.8) is 0 Å². The van der Waals surface area contributed by atoms with Gasteiger partial charge < -0.3 is 5.32 Å². The van der Waals surface area contributed by atoms with E-state index in [-0.39, 0.29) is 11.4 Å². The van der Waals surface area contributed by atoms with Gasteiger partial charge in [-0.05, 0) is 59.4 Å². The molecule has 5 nitrogen and oxygen atoms in total. The fraction of sp³-hybridized carbons (Fsp3) is 0.650. The third kappa shape index (κ3) is 3.05. The average Bonchev–Trinajstić information content (AvgIpc) is 3.17. The maximum atomic E-state index is 13.0. The molecule has 4 rings (SSSR count). The molecule has 0 radical (unpaired) electrons. The first-order valence-electron chi connectivity index (χ1n) is 9.56. The number of rotatable bonds is 3. The first-order chi connectivity index (χ1) is 11.8. The van der Waals surface area contributed by atoms with E-state index in [1.54, 1.807) is 0 Å². The van der Waals surface area contributed by atoms with E-state index >= 15 is 0 Å². The summed E-state index contributed by atoms with van der Waals surface area (Å²) in [4.78, 5) is 18.0. The fourth-order valence-corrected chi connectivity index (χ4v) is 3.88. The first-order valence-corrected chi connectivity index (χ1v) is 9.56. The molecule has 0 spiro atoms. The van der Waals surface area contributed by atoms with Gasteiger partial charge in [0.15, 0.2) is 5.65 Å². The molecule has 0 bridgehead atoms. The van der Waals surface area contributed by atoms with Gasteiger partial charge in [-0.2, -0.15) is 5.10 Å². The number of hydrogen-bond donors (Lipinski definition) is 1. The minimum absolute atomic E-state index is 0.0396. The molecule has 2 saturated carbocycles. The second-order valence-electron chi connectivity index (χ2n) is 8.69. The van der Waals surface area contributed by atoms with Crippen molar-refractivity contribution >= 4 is 16.9 Å². The number of aryl methyl sites for hydroxylation is 1. The van der Waals surface area contributed by atoms with Gasteiger partial charge in [-0.3, -0.25) is 4.79 Å². The molecule has 1 amide bonds. The molecule has 2 aliphatic rings. The third-order valence-corrected chi connectivity index (χ3v) is 5.40. The average molecular weight is 340 g/mol. The molecule has 2 aliphatic carbocycles. The van der Waals surface area contributed by atoms with Crippen molar-refractivity contribution < 1.29 is 4.79 Å².